The van der Waals surface area contributed by atoms with Crippen molar-refractivity contribution in [2.75, 3.05) is 0 Å². The highest BCUT2D eigenvalue weighted by molar-refractivity contribution is 9.10. The minimum Gasteiger partial charge on any atom is -0.508 e. The van der Waals surface area contributed by atoms with Crippen molar-refractivity contribution in [3.05, 3.63) is 28.2 Å². The van der Waals surface area contributed by atoms with E-state index < -0.39 is 0 Å². The second-order valence-electron chi connectivity index (χ2n) is 4.63. The van der Waals surface area contributed by atoms with Gasteiger partial charge in [-0.05, 0) is 30.9 Å². The second-order valence-corrected chi connectivity index (χ2v) is 5.54. The molecule has 2 rings (SSSR count). The van der Waals surface area contributed by atoms with E-state index in [0.29, 0.717) is 11.7 Å². The highest BCUT2D eigenvalue weighted by atomic mass is 79.9. The molecule has 0 spiro atoms. The van der Waals surface area contributed by atoms with Crippen molar-refractivity contribution < 1.29 is 5.11 Å². The van der Waals surface area contributed by atoms with Crippen LogP contribution < -0.4 is 5.73 Å². The maximum Gasteiger partial charge on any atom is 0.121 e. The molecule has 1 aromatic carbocycles. The lowest BCUT2D eigenvalue weighted by atomic mass is 9.81. The quantitative estimate of drug-likeness (QED) is 0.869. The van der Waals surface area contributed by atoms with Gasteiger partial charge < -0.3 is 10.8 Å². The Morgan fingerprint density at radius 1 is 1.25 bits per heavy atom. The highest BCUT2D eigenvalue weighted by Gasteiger charge is 2.23. The molecule has 2 nitrogen and oxygen atoms in total. The summed E-state index contributed by atoms with van der Waals surface area (Å²) in [6, 6.07) is 5.57. The summed E-state index contributed by atoms with van der Waals surface area (Å²) in [5.41, 5.74) is 7.13. The molecule has 0 aromatic heterocycles. The summed E-state index contributed by atoms with van der Waals surface area (Å²) in [5.74, 6) is 0.841. The number of hydrogen-bond acceptors (Lipinski definition) is 2. The largest absolute Gasteiger partial charge is 0.508 e. The van der Waals surface area contributed by atoms with Gasteiger partial charge in [0, 0.05) is 16.1 Å². The zero-order valence-corrected chi connectivity index (χ0v) is 10.9. The number of phenolic OH excluding ortho intramolecular Hbond substituents is 1. The molecule has 0 radical (unpaired) electrons. The van der Waals surface area contributed by atoms with Gasteiger partial charge in [0.15, 0.2) is 0 Å². The van der Waals surface area contributed by atoms with Crippen molar-refractivity contribution in [1.82, 2.24) is 0 Å². The van der Waals surface area contributed by atoms with Gasteiger partial charge >= 0.3 is 0 Å². The molecule has 3 heteroatoms. The van der Waals surface area contributed by atoms with Gasteiger partial charge in [-0.3, -0.25) is 0 Å². The molecule has 0 bridgehead atoms. The van der Waals surface area contributed by atoms with E-state index in [-0.39, 0.29) is 6.04 Å². The third-order valence-corrected chi connectivity index (χ3v) is 4.00. The van der Waals surface area contributed by atoms with Crippen LogP contribution in [0.4, 0.5) is 0 Å². The third kappa shape index (κ3) is 2.58. The van der Waals surface area contributed by atoms with E-state index in [1.165, 1.54) is 32.1 Å². The first kappa shape index (κ1) is 11.9. The minimum atomic E-state index is -0.0200. The standard InChI is InChI=1S/C13H18BrNO/c14-10-6-7-11(12(16)8-10)13(15)9-4-2-1-3-5-9/h6-9,13,16H,1-5,15H2/t13-/m1/s1. The van der Waals surface area contributed by atoms with E-state index in [4.69, 9.17) is 5.73 Å². The van der Waals surface area contributed by atoms with E-state index in [2.05, 4.69) is 15.9 Å². The first-order chi connectivity index (χ1) is 7.68. The Bertz CT molecular complexity index is 361. The zero-order valence-electron chi connectivity index (χ0n) is 9.32. The summed E-state index contributed by atoms with van der Waals surface area (Å²) in [6.45, 7) is 0. The van der Waals surface area contributed by atoms with E-state index in [1.807, 2.05) is 12.1 Å². The van der Waals surface area contributed by atoms with Crippen LogP contribution in [0.25, 0.3) is 0 Å². The molecular formula is C13H18BrNO. The zero-order chi connectivity index (χ0) is 11.5. The summed E-state index contributed by atoms with van der Waals surface area (Å²) >= 11 is 3.34. The van der Waals surface area contributed by atoms with Crippen LogP contribution in [-0.4, -0.2) is 5.11 Å². The molecule has 1 aromatic rings. The number of hydrogen-bond donors (Lipinski definition) is 2. The van der Waals surface area contributed by atoms with Crippen molar-refractivity contribution in [2.24, 2.45) is 11.7 Å². The average molecular weight is 284 g/mol. The molecule has 0 amide bonds. The van der Waals surface area contributed by atoms with Crippen molar-refractivity contribution in [3.63, 3.8) is 0 Å². The maximum atomic E-state index is 9.88. The Balaban J connectivity index is 2.15. The lowest BCUT2D eigenvalue weighted by Gasteiger charge is -2.28. The molecule has 16 heavy (non-hydrogen) atoms. The van der Waals surface area contributed by atoms with Crippen molar-refractivity contribution in [1.29, 1.82) is 0 Å². The fourth-order valence-electron chi connectivity index (χ4n) is 2.55. The molecule has 1 aliphatic carbocycles. The first-order valence-corrected chi connectivity index (χ1v) is 6.72. The predicted molar refractivity (Wildman–Crippen MR) is 69.3 cm³/mol. The van der Waals surface area contributed by atoms with Crippen LogP contribution in [0.2, 0.25) is 0 Å². The molecule has 0 aliphatic heterocycles. The Morgan fingerprint density at radius 3 is 2.56 bits per heavy atom. The number of benzene rings is 1. The summed E-state index contributed by atoms with van der Waals surface area (Å²) < 4.78 is 0.893. The smallest absolute Gasteiger partial charge is 0.121 e. The lowest BCUT2D eigenvalue weighted by molar-refractivity contribution is 0.303. The van der Waals surface area contributed by atoms with Gasteiger partial charge in [0.2, 0.25) is 0 Å². The van der Waals surface area contributed by atoms with Gasteiger partial charge in [-0.1, -0.05) is 41.3 Å². The fraction of sp³-hybridized carbons (Fsp3) is 0.538. The van der Waals surface area contributed by atoms with E-state index in [9.17, 15) is 5.11 Å². The average Bonchev–Trinajstić information content (AvgIpc) is 2.29. The third-order valence-electron chi connectivity index (χ3n) is 3.51. The van der Waals surface area contributed by atoms with Crippen LogP contribution >= 0.6 is 15.9 Å². The molecule has 0 unspecified atom stereocenters. The van der Waals surface area contributed by atoms with Crippen LogP contribution in [-0.2, 0) is 0 Å². The number of nitrogens with two attached hydrogens (primary N) is 1. The van der Waals surface area contributed by atoms with Crippen molar-refractivity contribution in [3.8, 4) is 5.75 Å². The molecule has 1 atom stereocenters. The van der Waals surface area contributed by atoms with E-state index >= 15 is 0 Å². The molecule has 0 heterocycles. The van der Waals surface area contributed by atoms with Gasteiger partial charge in [0.25, 0.3) is 0 Å². The molecule has 3 N–H and O–H groups in total. The number of aromatic hydroxyl groups is 1. The van der Waals surface area contributed by atoms with Crippen molar-refractivity contribution in [2.45, 2.75) is 38.1 Å². The normalized spacial score (nSPS) is 19.6. The van der Waals surface area contributed by atoms with Crippen LogP contribution in [0.5, 0.6) is 5.75 Å². The van der Waals surface area contributed by atoms with Crippen LogP contribution in [0.15, 0.2) is 22.7 Å². The molecule has 88 valence electrons. The number of phenols is 1. The fourth-order valence-corrected chi connectivity index (χ4v) is 2.89. The first-order valence-electron chi connectivity index (χ1n) is 5.92. The minimum absolute atomic E-state index is 0.0200. The Hall–Kier alpha value is -0.540. The molecule has 1 aliphatic rings. The summed E-state index contributed by atoms with van der Waals surface area (Å²) in [6.07, 6.45) is 6.26. The van der Waals surface area contributed by atoms with Crippen LogP contribution in [0.3, 0.4) is 0 Å². The van der Waals surface area contributed by atoms with Gasteiger partial charge in [-0.15, -0.1) is 0 Å². The van der Waals surface area contributed by atoms with Gasteiger partial charge in [0.1, 0.15) is 5.75 Å². The topological polar surface area (TPSA) is 46.2 Å². The molecular weight excluding hydrogens is 266 g/mol. The second kappa shape index (κ2) is 5.19. The predicted octanol–water partition coefficient (Wildman–Crippen LogP) is 3.73. The van der Waals surface area contributed by atoms with Gasteiger partial charge in [-0.25, -0.2) is 0 Å². The number of halogens is 1. The molecule has 1 fully saturated rings. The van der Waals surface area contributed by atoms with Crippen LogP contribution in [0, 0.1) is 5.92 Å². The lowest BCUT2D eigenvalue weighted by Crippen LogP contribution is -2.23. The Kier molecular flexibility index (Phi) is 3.87. The number of rotatable bonds is 2. The monoisotopic (exact) mass is 283 g/mol. The highest BCUT2D eigenvalue weighted by Crippen LogP contribution is 2.36. The van der Waals surface area contributed by atoms with Gasteiger partial charge in [0.05, 0.1) is 0 Å². The SMILES string of the molecule is N[C@@H](c1ccc(Br)cc1O)C1CCCCC1. The van der Waals surface area contributed by atoms with E-state index in [1.54, 1.807) is 6.07 Å². The maximum absolute atomic E-state index is 9.88. The molecule has 1 saturated carbocycles. The van der Waals surface area contributed by atoms with Gasteiger partial charge in [-0.2, -0.15) is 0 Å². The van der Waals surface area contributed by atoms with E-state index in [0.717, 1.165) is 10.0 Å². The van der Waals surface area contributed by atoms with Crippen molar-refractivity contribution >= 4 is 15.9 Å². The summed E-state index contributed by atoms with van der Waals surface area (Å²) in [5, 5.41) is 9.88. The van der Waals surface area contributed by atoms with Crippen LogP contribution in [0.1, 0.15) is 43.7 Å². The summed E-state index contributed by atoms with van der Waals surface area (Å²) in [7, 11) is 0. The Labute approximate surface area is 105 Å². The molecule has 0 saturated heterocycles. The summed E-state index contributed by atoms with van der Waals surface area (Å²) in [4.78, 5) is 0. The Morgan fingerprint density at radius 2 is 1.94 bits per heavy atom.